The summed E-state index contributed by atoms with van der Waals surface area (Å²) in [5, 5.41) is 11.3. The van der Waals surface area contributed by atoms with E-state index in [1.807, 2.05) is 32.7 Å². The molecular weight excluding hydrogens is 282 g/mol. The zero-order valence-electron chi connectivity index (χ0n) is 14.0. The molecule has 1 fully saturated rings. The summed E-state index contributed by atoms with van der Waals surface area (Å²) in [6.07, 6.45) is 4.55. The third kappa shape index (κ3) is 4.98. The van der Waals surface area contributed by atoms with Gasteiger partial charge >= 0.3 is 6.09 Å². The van der Waals surface area contributed by atoms with Crippen LogP contribution >= 0.6 is 0 Å². The fraction of sp³-hybridized carbons (Fsp3) is 0.800. The number of nitrogens with zero attached hydrogens (tertiary/aromatic N) is 4. The van der Waals surface area contributed by atoms with Crippen LogP contribution in [0.3, 0.4) is 0 Å². The molecule has 0 spiro atoms. The van der Waals surface area contributed by atoms with Crippen LogP contribution in [0.15, 0.2) is 6.20 Å². The van der Waals surface area contributed by atoms with E-state index >= 15 is 0 Å². The van der Waals surface area contributed by atoms with Gasteiger partial charge in [-0.05, 0) is 40.0 Å². The minimum atomic E-state index is -0.437. The molecule has 0 radical (unpaired) electrons. The lowest BCUT2D eigenvalue weighted by Crippen LogP contribution is -2.38. The van der Waals surface area contributed by atoms with Crippen LogP contribution in [-0.2, 0) is 18.3 Å². The van der Waals surface area contributed by atoms with Crippen LogP contribution in [0.25, 0.3) is 0 Å². The second kappa shape index (κ2) is 7.09. The van der Waals surface area contributed by atoms with E-state index in [1.54, 1.807) is 10.9 Å². The van der Waals surface area contributed by atoms with Gasteiger partial charge in [-0.15, -0.1) is 5.10 Å². The van der Waals surface area contributed by atoms with E-state index < -0.39 is 5.60 Å². The Labute approximate surface area is 132 Å². The van der Waals surface area contributed by atoms with Crippen molar-refractivity contribution in [1.82, 2.24) is 25.2 Å². The highest BCUT2D eigenvalue weighted by Crippen LogP contribution is 2.15. The van der Waals surface area contributed by atoms with Gasteiger partial charge < -0.3 is 15.0 Å². The minimum absolute atomic E-state index is 0.205. The Morgan fingerprint density at radius 2 is 2.18 bits per heavy atom. The number of ether oxygens (including phenoxy) is 1. The summed E-state index contributed by atoms with van der Waals surface area (Å²) in [5.41, 5.74) is 0.626. The largest absolute Gasteiger partial charge is 0.444 e. The first-order valence-corrected chi connectivity index (χ1v) is 7.90. The minimum Gasteiger partial charge on any atom is -0.444 e. The maximum Gasteiger partial charge on any atom is 0.410 e. The van der Waals surface area contributed by atoms with Crippen molar-refractivity contribution in [2.45, 2.75) is 58.2 Å². The molecule has 0 aliphatic carbocycles. The van der Waals surface area contributed by atoms with Crippen molar-refractivity contribution < 1.29 is 9.53 Å². The van der Waals surface area contributed by atoms with Gasteiger partial charge in [0.15, 0.2) is 0 Å². The van der Waals surface area contributed by atoms with Crippen LogP contribution < -0.4 is 5.32 Å². The highest BCUT2D eigenvalue weighted by molar-refractivity contribution is 5.68. The molecule has 7 nitrogen and oxygen atoms in total. The van der Waals surface area contributed by atoms with Gasteiger partial charge in [0.1, 0.15) is 5.60 Å². The number of likely N-dealkylation sites (tertiary alicyclic amines) is 1. The molecule has 1 aliphatic rings. The average Bonchev–Trinajstić information content (AvgIpc) is 2.69. The molecular formula is C15H27N5O2. The molecule has 1 aromatic rings. The molecule has 2 heterocycles. The Morgan fingerprint density at radius 3 is 2.82 bits per heavy atom. The summed E-state index contributed by atoms with van der Waals surface area (Å²) in [6.45, 7) is 7.94. The van der Waals surface area contributed by atoms with Crippen molar-refractivity contribution >= 4 is 6.09 Å². The number of aryl methyl sites for hydroxylation is 1. The van der Waals surface area contributed by atoms with Gasteiger partial charge in [0.25, 0.3) is 0 Å². The van der Waals surface area contributed by atoms with Gasteiger partial charge in [0.2, 0.25) is 0 Å². The molecule has 0 saturated carbocycles. The Morgan fingerprint density at radius 1 is 1.41 bits per heavy atom. The summed E-state index contributed by atoms with van der Waals surface area (Å²) in [6, 6.07) is 0.405. The van der Waals surface area contributed by atoms with E-state index in [9.17, 15) is 4.79 Å². The van der Waals surface area contributed by atoms with Gasteiger partial charge in [-0.1, -0.05) is 5.21 Å². The normalized spacial score (nSPS) is 19.8. The topological polar surface area (TPSA) is 72.3 Å². The van der Waals surface area contributed by atoms with Crippen LogP contribution in [-0.4, -0.2) is 50.7 Å². The van der Waals surface area contributed by atoms with Crippen LogP contribution in [0, 0.1) is 0 Å². The Hall–Kier alpha value is -1.63. The first-order valence-electron chi connectivity index (χ1n) is 7.90. The second-order valence-electron chi connectivity index (χ2n) is 6.83. The lowest BCUT2D eigenvalue weighted by Gasteiger charge is -2.26. The van der Waals surface area contributed by atoms with E-state index in [0.717, 1.165) is 44.6 Å². The molecule has 2 rings (SSSR count). The van der Waals surface area contributed by atoms with Crippen molar-refractivity contribution in [1.29, 1.82) is 0 Å². The lowest BCUT2D eigenvalue weighted by atomic mass is 10.1. The number of carbonyl (C=O) groups is 1. The van der Waals surface area contributed by atoms with E-state index in [4.69, 9.17) is 4.74 Å². The smallest absolute Gasteiger partial charge is 0.410 e. The fourth-order valence-corrected chi connectivity index (χ4v) is 2.53. The molecule has 1 saturated heterocycles. The molecule has 7 heteroatoms. The average molecular weight is 309 g/mol. The van der Waals surface area contributed by atoms with Crippen molar-refractivity contribution in [3.05, 3.63) is 11.9 Å². The number of aromatic nitrogens is 3. The molecule has 0 bridgehead atoms. The third-order valence-corrected chi connectivity index (χ3v) is 3.76. The summed E-state index contributed by atoms with van der Waals surface area (Å²) >= 11 is 0. The predicted octanol–water partition coefficient (Wildman–Crippen LogP) is 1.69. The molecule has 1 unspecified atom stereocenters. The van der Waals surface area contributed by atoms with E-state index in [1.165, 1.54) is 0 Å². The van der Waals surface area contributed by atoms with Gasteiger partial charge in [-0.2, -0.15) is 0 Å². The van der Waals surface area contributed by atoms with Gasteiger partial charge in [0, 0.05) is 32.7 Å². The molecule has 1 N–H and O–H groups in total. The third-order valence-electron chi connectivity index (χ3n) is 3.76. The molecule has 1 aliphatic heterocycles. The molecule has 1 aromatic heterocycles. The van der Waals surface area contributed by atoms with Crippen LogP contribution in [0.4, 0.5) is 4.79 Å². The first-order chi connectivity index (χ1) is 10.3. The van der Waals surface area contributed by atoms with Crippen LogP contribution in [0.2, 0.25) is 0 Å². The molecule has 0 aromatic carbocycles. The SMILES string of the molecule is Cn1nncc1CNC1CCCN(C(=O)OC(C)(C)C)CC1. The van der Waals surface area contributed by atoms with Crippen molar-refractivity contribution in [2.75, 3.05) is 13.1 Å². The summed E-state index contributed by atoms with van der Waals surface area (Å²) in [7, 11) is 1.89. The summed E-state index contributed by atoms with van der Waals surface area (Å²) < 4.78 is 7.22. The first kappa shape index (κ1) is 16.7. The van der Waals surface area contributed by atoms with Gasteiger partial charge in [-0.25, -0.2) is 4.79 Å². The second-order valence-corrected chi connectivity index (χ2v) is 6.83. The zero-order valence-corrected chi connectivity index (χ0v) is 14.0. The van der Waals surface area contributed by atoms with Crippen molar-refractivity contribution in [3.8, 4) is 0 Å². The Kier molecular flexibility index (Phi) is 5.39. The lowest BCUT2D eigenvalue weighted by molar-refractivity contribution is 0.0256. The number of carbonyl (C=O) groups excluding carboxylic acids is 1. The van der Waals surface area contributed by atoms with Crippen LogP contribution in [0.1, 0.15) is 45.7 Å². The van der Waals surface area contributed by atoms with Crippen LogP contribution in [0.5, 0.6) is 0 Å². The number of amides is 1. The molecule has 1 atom stereocenters. The number of nitrogens with one attached hydrogen (secondary N) is 1. The predicted molar refractivity (Wildman–Crippen MR) is 83.3 cm³/mol. The number of hydrogen-bond donors (Lipinski definition) is 1. The van der Waals surface area contributed by atoms with E-state index in [0.29, 0.717) is 6.04 Å². The zero-order chi connectivity index (χ0) is 16.2. The summed E-state index contributed by atoms with van der Waals surface area (Å²) in [5.74, 6) is 0. The van der Waals surface area contributed by atoms with Crippen molar-refractivity contribution in [2.24, 2.45) is 7.05 Å². The number of rotatable bonds is 3. The highest BCUT2D eigenvalue weighted by Gasteiger charge is 2.25. The fourth-order valence-electron chi connectivity index (χ4n) is 2.53. The van der Waals surface area contributed by atoms with Gasteiger partial charge in [0.05, 0.1) is 11.9 Å². The maximum absolute atomic E-state index is 12.1. The monoisotopic (exact) mass is 309 g/mol. The Balaban J connectivity index is 1.80. The van der Waals surface area contributed by atoms with E-state index in [2.05, 4.69) is 15.6 Å². The highest BCUT2D eigenvalue weighted by atomic mass is 16.6. The molecule has 124 valence electrons. The molecule has 22 heavy (non-hydrogen) atoms. The summed E-state index contributed by atoms with van der Waals surface area (Å²) in [4.78, 5) is 13.9. The maximum atomic E-state index is 12.1. The quantitative estimate of drug-likeness (QED) is 0.920. The van der Waals surface area contributed by atoms with Gasteiger partial charge in [-0.3, -0.25) is 4.68 Å². The molecule has 1 amide bonds. The van der Waals surface area contributed by atoms with Crippen molar-refractivity contribution in [3.63, 3.8) is 0 Å². The number of hydrogen-bond acceptors (Lipinski definition) is 5. The Bertz CT molecular complexity index is 494. The van der Waals surface area contributed by atoms with E-state index in [-0.39, 0.29) is 6.09 Å². The standard InChI is InChI=1S/C15H27N5O2/c1-15(2,3)22-14(21)20-8-5-6-12(7-9-20)16-10-13-11-17-18-19(13)4/h11-12,16H,5-10H2,1-4H3.